The van der Waals surface area contributed by atoms with Gasteiger partial charge in [0.2, 0.25) is 5.91 Å². The maximum atomic E-state index is 13.3. The SMILES string of the molecule is O=C([C@@H]1CCC[NH+](Cc2cccc(F)c2)C1)N1CCCC1. The first-order valence-electron chi connectivity index (χ1n) is 8.09. The van der Waals surface area contributed by atoms with E-state index in [-0.39, 0.29) is 11.7 Å². The quantitative estimate of drug-likeness (QED) is 0.890. The van der Waals surface area contributed by atoms with E-state index in [4.69, 9.17) is 0 Å². The van der Waals surface area contributed by atoms with Crippen LogP contribution in [0.25, 0.3) is 0 Å². The Kier molecular flexibility index (Phi) is 4.54. The Hall–Kier alpha value is -1.42. The van der Waals surface area contributed by atoms with E-state index in [9.17, 15) is 9.18 Å². The smallest absolute Gasteiger partial charge is 0.231 e. The van der Waals surface area contributed by atoms with Gasteiger partial charge in [0, 0.05) is 18.7 Å². The van der Waals surface area contributed by atoms with E-state index in [1.165, 1.54) is 11.0 Å². The molecule has 2 saturated heterocycles. The first-order valence-corrected chi connectivity index (χ1v) is 8.09. The number of carbonyl (C=O) groups is 1. The summed E-state index contributed by atoms with van der Waals surface area (Å²) in [5, 5.41) is 0. The maximum Gasteiger partial charge on any atom is 0.231 e. The van der Waals surface area contributed by atoms with Gasteiger partial charge >= 0.3 is 0 Å². The molecule has 2 aliphatic rings. The minimum Gasteiger partial charge on any atom is -0.342 e. The Morgan fingerprint density at radius 3 is 2.86 bits per heavy atom. The third-order valence-corrected chi connectivity index (χ3v) is 4.73. The monoisotopic (exact) mass is 291 g/mol. The molecular formula is C17H24FN2O+. The minimum absolute atomic E-state index is 0.167. The number of carbonyl (C=O) groups excluding carboxylic acids is 1. The van der Waals surface area contributed by atoms with Gasteiger partial charge in [0.05, 0.1) is 19.0 Å². The van der Waals surface area contributed by atoms with Gasteiger partial charge < -0.3 is 9.80 Å². The van der Waals surface area contributed by atoms with E-state index < -0.39 is 0 Å². The predicted octanol–water partition coefficient (Wildman–Crippen LogP) is 1.24. The number of quaternary nitrogens is 1. The van der Waals surface area contributed by atoms with Crippen molar-refractivity contribution in [2.75, 3.05) is 26.2 Å². The fraction of sp³-hybridized carbons (Fsp3) is 0.588. The highest BCUT2D eigenvalue weighted by molar-refractivity contribution is 5.79. The molecule has 2 fully saturated rings. The molecule has 1 aromatic carbocycles. The third kappa shape index (κ3) is 3.62. The van der Waals surface area contributed by atoms with Crippen molar-refractivity contribution in [3.63, 3.8) is 0 Å². The van der Waals surface area contributed by atoms with E-state index in [0.717, 1.165) is 64.0 Å². The van der Waals surface area contributed by atoms with Crippen LogP contribution in [0.15, 0.2) is 24.3 Å². The van der Waals surface area contributed by atoms with Crippen molar-refractivity contribution >= 4 is 5.91 Å². The lowest BCUT2D eigenvalue weighted by Crippen LogP contribution is -3.12. The summed E-state index contributed by atoms with van der Waals surface area (Å²) in [5.74, 6) is 0.345. The number of hydrogen-bond acceptors (Lipinski definition) is 1. The summed E-state index contributed by atoms with van der Waals surface area (Å²) in [6.45, 7) is 4.68. The predicted molar refractivity (Wildman–Crippen MR) is 79.3 cm³/mol. The molecule has 2 aliphatic heterocycles. The zero-order valence-electron chi connectivity index (χ0n) is 12.5. The van der Waals surface area contributed by atoms with E-state index in [1.807, 2.05) is 11.0 Å². The molecule has 1 unspecified atom stereocenters. The van der Waals surface area contributed by atoms with Crippen LogP contribution in [0.1, 0.15) is 31.2 Å². The van der Waals surface area contributed by atoms with Crippen LogP contribution in [0.3, 0.4) is 0 Å². The van der Waals surface area contributed by atoms with Crippen molar-refractivity contribution < 1.29 is 14.1 Å². The molecule has 0 aliphatic carbocycles. The maximum absolute atomic E-state index is 13.3. The van der Waals surface area contributed by atoms with Crippen molar-refractivity contribution in [2.24, 2.45) is 5.92 Å². The van der Waals surface area contributed by atoms with Gasteiger partial charge in [-0.15, -0.1) is 0 Å². The fourth-order valence-electron chi connectivity index (χ4n) is 3.65. The van der Waals surface area contributed by atoms with Crippen molar-refractivity contribution in [3.8, 4) is 0 Å². The number of likely N-dealkylation sites (tertiary alicyclic amines) is 2. The zero-order chi connectivity index (χ0) is 14.7. The van der Waals surface area contributed by atoms with Crippen LogP contribution >= 0.6 is 0 Å². The van der Waals surface area contributed by atoms with Crippen LogP contribution in [0.5, 0.6) is 0 Å². The number of piperidine rings is 1. The topological polar surface area (TPSA) is 24.8 Å². The number of rotatable bonds is 3. The highest BCUT2D eigenvalue weighted by Crippen LogP contribution is 2.16. The molecule has 21 heavy (non-hydrogen) atoms. The Morgan fingerprint density at radius 1 is 1.29 bits per heavy atom. The lowest BCUT2D eigenvalue weighted by molar-refractivity contribution is -0.921. The molecule has 0 bridgehead atoms. The molecule has 2 atom stereocenters. The van der Waals surface area contributed by atoms with Crippen LogP contribution in [0.2, 0.25) is 0 Å². The van der Waals surface area contributed by atoms with Crippen molar-refractivity contribution in [2.45, 2.75) is 32.2 Å². The molecule has 1 aromatic rings. The van der Waals surface area contributed by atoms with Crippen LogP contribution in [0, 0.1) is 11.7 Å². The van der Waals surface area contributed by atoms with Gasteiger partial charge in [-0.05, 0) is 37.8 Å². The highest BCUT2D eigenvalue weighted by atomic mass is 19.1. The van der Waals surface area contributed by atoms with Gasteiger partial charge in [0.15, 0.2) is 0 Å². The standard InChI is InChI=1S/C17H23FN2O/c18-16-7-3-5-14(11-16)12-19-8-4-6-15(13-19)17(21)20-9-1-2-10-20/h3,5,7,11,15H,1-2,4,6,8-10,12-13H2/p+1/t15-/m1/s1. The van der Waals surface area contributed by atoms with E-state index in [0.29, 0.717) is 5.91 Å². The second kappa shape index (κ2) is 6.56. The highest BCUT2D eigenvalue weighted by Gasteiger charge is 2.32. The van der Waals surface area contributed by atoms with Gasteiger partial charge in [-0.3, -0.25) is 4.79 Å². The van der Waals surface area contributed by atoms with E-state index in [1.54, 1.807) is 12.1 Å². The summed E-state index contributed by atoms with van der Waals surface area (Å²) in [7, 11) is 0. The molecule has 3 rings (SSSR count). The molecule has 114 valence electrons. The molecule has 0 radical (unpaired) electrons. The number of nitrogens with one attached hydrogen (secondary N) is 1. The normalized spacial score (nSPS) is 26.0. The van der Waals surface area contributed by atoms with E-state index in [2.05, 4.69) is 0 Å². The second-order valence-corrected chi connectivity index (χ2v) is 6.38. The Morgan fingerprint density at radius 2 is 2.10 bits per heavy atom. The van der Waals surface area contributed by atoms with E-state index >= 15 is 0 Å². The number of hydrogen-bond donors (Lipinski definition) is 1. The van der Waals surface area contributed by atoms with Crippen molar-refractivity contribution in [3.05, 3.63) is 35.6 Å². The second-order valence-electron chi connectivity index (χ2n) is 6.38. The number of benzene rings is 1. The van der Waals surface area contributed by atoms with Gasteiger partial charge in [-0.1, -0.05) is 12.1 Å². The molecule has 0 spiro atoms. The average molecular weight is 291 g/mol. The zero-order valence-corrected chi connectivity index (χ0v) is 12.5. The third-order valence-electron chi connectivity index (χ3n) is 4.73. The first-order chi connectivity index (χ1) is 10.2. The molecule has 3 nitrogen and oxygen atoms in total. The van der Waals surface area contributed by atoms with Crippen LogP contribution < -0.4 is 4.90 Å². The Balaban J connectivity index is 1.59. The summed E-state index contributed by atoms with van der Waals surface area (Å²) in [5.41, 5.74) is 1.03. The van der Waals surface area contributed by atoms with Crippen molar-refractivity contribution in [1.29, 1.82) is 0 Å². The Labute approximate surface area is 125 Å². The van der Waals surface area contributed by atoms with Crippen LogP contribution in [-0.2, 0) is 11.3 Å². The molecule has 1 N–H and O–H groups in total. The minimum atomic E-state index is -0.173. The van der Waals surface area contributed by atoms with Gasteiger partial charge in [0.25, 0.3) is 0 Å². The molecule has 0 saturated carbocycles. The largest absolute Gasteiger partial charge is 0.342 e. The average Bonchev–Trinajstić information content (AvgIpc) is 3.01. The van der Waals surface area contributed by atoms with Crippen molar-refractivity contribution in [1.82, 2.24) is 4.90 Å². The van der Waals surface area contributed by atoms with Gasteiger partial charge in [0.1, 0.15) is 12.4 Å². The Bertz CT molecular complexity index is 499. The number of amides is 1. The molecule has 4 heteroatoms. The van der Waals surface area contributed by atoms with Gasteiger partial charge in [-0.25, -0.2) is 4.39 Å². The summed E-state index contributed by atoms with van der Waals surface area (Å²) in [6, 6.07) is 6.83. The fourth-order valence-corrected chi connectivity index (χ4v) is 3.65. The summed E-state index contributed by atoms with van der Waals surface area (Å²) in [4.78, 5) is 15.9. The van der Waals surface area contributed by atoms with Crippen LogP contribution in [-0.4, -0.2) is 37.0 Å². The summed E-state index contributed by atoms with van der Waals surface area (Å²) < 4.78 is 13.3. The molecule has 0 aromatic heterocycles. The first kappa shape index (κ1) is 14.5. The summed E-state index contributed by atoms with van der Waals surface area (Å²) >= 11 is 0. The lowest BCUT2D eigenvalue weighted by atomic mass is 9.96. The molecular weight excluding hydrogens is 267 g/mol. The van der Waals surface area contributed by atoms with Gasteiger partial charge in [-0.2, -0.15) is 0 Å². The number of halogens is 1. The number of nitrogens with zero attached hydrogens (tertiary/aromatic N) is 1. The summed E-state index contributed by atoms with van der Waals surface area (Å²) in [6.07, 6.45) is 4.41. The molecule has 1 amide bonds. The van der Waals surface area contributed by atoms with Crippen LogP contribution in [0.4, 0.5) is 4.39 Å². The molecule has 2 heterocycles. The lowest BCUT2D eigenvalue weighted by Gasteiger charge is -2.31.